The molecular formula is C22H38B2. The summed E-state index contributed by atoms with van der Waals surface area (Å²) < 4.78 is 0. The Hall–Kier alpha value is 0.130. The maximum atomic E-state index is 2.84. The summed E-state index contributed by atoms with van der Waals surface area (Å²) in [6.45, 7) is 5.18. The lowest BCUT2D eigenvalue weighted by molar-refractivity contribution is 0.213. The van der Waals surface area contributed by atoms with Gasteiger partial charge in [-0.1, -0.05) is 126 Å². The van der Waals surface area contributed by atoms with Crippen molar-refractivity contribution in [2.24, 2.45) is 11.8 Å². The molecule has 2 radical (unpaired) electrons. The average Bonchev–Trinajstić information content (AvgIpc) is 2.54. The summed E-state index contributed by atoms with van der Waals surface area (Å²) in [5.41, 5.74) is 0. The van der Waals surface area contributed by atoms with Crippen LogP contribution in [-0.2, 0) is 0 Å². The van der Waals surface area contributed by atoms with Crippen molar-refractivity contribution in [2.75, 3.05) is 0 Å². The van der Waals surface area contributed by atoms with Crippen LogP contribution in [0.3, 0.4) is 0 Å². The summed E-state index contributed by atoms with van der Waals surface area (Å²) in [4.78, 5) is 0. The van der Waals surface area contributed by atoms with E-state index < -0.39 is 0 Å². The summed E-state index contributed by atoms with van der Waals surface area (Å²) in [5, 5.41) is 1.27. The monoisotopic (exact) mass is 324 g/mol. The van der Waals surface area contributed by atoms with Gasteiger partial charge in [0.05, 0.1) is 0 Å². The van der Waals surface area contributed by atoms with Crippen molar-refractivity contribution in [3.63, 3.8) is 0 Å². The van der Waals surface area contributed by atoms with Gasteiger partial charge in [0.1, 0.15) is 14.6 Å². The van der Waals surface area contributed by atoms with Gasteiger partial charge in [-0.3, -0.25) is 0 Å². The Morgan fingerprint density at radius 2 is 1.00 bits per heavy atom. The maximum absolute atomic E-state index is 2.84. The van der Waals surface area contributed by atoms with Gasteiger partial charge in [-0.15, -0.1) is 0 Å². The predicted octanol–water partition coefficient (Wildman–Crippen LogP) is 7.08. The lowest BCUT2D eigenvalue weighted by Crippen LogP contribution is -2.37. The first-order chi connectivity index (χ1) is 11.6. The second kappa shape index (κ2) is 7.03. The molecule has 0 spiro atoms. The first kappa shape index (κ1) is 17.5. The summed E-state index contributed by atoms with van der Waals surface area (Å²) in [7, 11) is 5.68. The van der Waals surface area contributed by atoms with E-state index in [2.05, 4.69) is 28.4 Å². The van der Waals surface area contributed by atoms with Gasteiger partial charge in [0.2, 0.25) is 0 Å². The molecule has 4 bridgehead atoms. The zero-order valence-corrected chi connectivity index (χ0v) is 16.4. The van der Waals surface area contributed by atoms with Crippen LogP contribution in [0.1, 0.15) is 104 Å². The minimum Gasteiger partial charge on any atom is -0.0682 e. The molecule has 0 aromatic carbocycles. The first-order valence-corrected chi connectivity index (χ1v) is 11.3. The quantitative estimate of drug-likeness (QED) is 0.474. The standard InChI is InChI=1S/C22H38B2/c1-17(15-21-11-3-7-19(23-21)8-4-12-21)18(2)16-22-13-5-9-20(24-22)10-6-14-22/h17-20H,3-16H2,1-2H3. The molecule has 4 saturated heterocycles. The average molecular weight is 324 g/mol. The molecule has 0 saturated carbocycles. The molecule has 2 unspecified atom stereocenters. The van der Waals surface area contributed by atoms with Crippen molar-refractivity contribution < 1.29 is 0 Å². The zero-order chi connectivity index (χ0) is 16.6. The highest BCUT2D eigenvalue weighted by molar-refractivity contribution is 6.43. The lowest BCUT2D eigenvalue weighted by Gasteiger charge is -2.49. The highest BCUT2D eigenvalue weighted by Crippen LogP contribution is 2.58. The van der Waals surface area contributed by atoms with E-state index in [1.807, 2.05) is 0 Å². The number of rotatable bonds is 5. The van der Waals surface area contributed by atoms with Crippen molar-refractivity contribution in [1.29, 1.82) is 0 Å². The summed E-state index contributed by atoms with van der Waals surface area (Å²) in [6, 6.07) is 0. The molecule has 2 heteroatoms. The van der Waals surface area contributed by atoms with Gasteiger partial charge >= 0.3 is 0 Å². The van der Waals surface area contributed by atoms with Crippen LogP contribution in [-0.4, -0.2) is 14.6 Å². The van der Waals surface area contributed by atoms with Gasteiger partial charge in [-0.2, -0.15) is 0 Å². The molecule has 0 amide bonds. The van der Waals surface area contributed by atoms with E-state index in [0.717, 1.165) is 23.5 Å². The normalized spacial score (nSPS) is 44.1. The topological polar surface area (TPSA) is 0 Å². The molecule has 4 rings (SSSR count). The Balaban J connectivity index is 1.36. The van der Waals surface area contributed by atoms with Crippen molar-refractivity contribution in [3.8, 4) is 0 Å². The van der Waals surface area contributed by atoms with Crippen LogP contribution >= 0.6 is 0 Å². The van der Waals surface area contributed by atoms with Gasteiger partial charge in [0, 0.05) is 0 Å². The third-order valence-corrected chi connectivity index (χ3v) is 8.61. The zero-order valence-electron chi connectivity index (χ0n) is 16.4. The molecule has 0 aliphatic carbocycles. The molecule has 4 aliphatic heterocycles. The van der Waals surface area contributed by atoms with Gasteiger partial charge in [0.25, 0.3) is 0 Å². The molecule has 0 N–H and O–H groups in total. The molecular weight excluding hydrogens is 286 g/mol. The van der Waals surface area contributed by atoms with E-state index in [0.29, 0.717) is 10.6 Å². The van der Waals surface area contributed by atoms with Crippen LogP contribution < -0.4 is 0 Å². The lowest BCUT2D eigenvalue weighted by atomic mass is 9.33. The molecule has 4 aliphatic rings. The van der Waals surface area contributed by atoms with Gasteiger partial charge in [-0.25, -0.2) is 0 Å². The molecule has 0 nitrogen and oxygen atoms in total. The molecule has 0 aromatic heterocycles. The summed E-state index contributed by atoms with van der Waals surface area (Å²) >= 11 is 0. The summed E-state index contributed by atoms with van der Waals surface area (Å²) in [6.07, 6.45) is 21.0. The Morgan fingerprint density at radius 1 is 0.667 bits per heavy atom. The second-order valence-corrected chi connectivity index (χ2v) is 10.5. The third kappa shape index (κ3) is 3.64. The number of fused-ring (bicyclic) bond motifs is 4. The SMILES string of the molecule is CC(CC12[B]C(CCC1)CCC2)C(C)CC12[B]C(CCC1)CCC2. The fourth-order valence-electron chi connectivity index (χ4n) is 7.30. The van der Waals surface area contributed by atoms with Crippen LogP contribution in [0.2, 0.25) is 22.3 Å². The van der Waals surface area contributed by atoms with Gasteiger partial charge < -0.3 is 0 Å². The van der Waals surface area contributed by atoms with Crippen LogP contribution in [0.5, 0.6) is 0 Å². The molecule has 132 valence electrons. The first-order valence-electron chi connectivity index (χ1n) is 11.3. The maximum Gasteiger partial charge on any atom is 0.122 e. The molecule has 0 aromatic rings. The summed E-state index contributed by atoms with van der Waals surface area (Å²) in [5.74, 6) is 3.75. The number of hydrogen-bond donors (Lipinski definition) is 0. The van der Waals surface area contributed by atoms with Gasteiger partial charge in [-0.05, 0) is 11.8 Å². The Morgan fingerprint density at radius 3 is 1.33 bits per heavy atom. The van der Waals surface area contributed by atoms with E-state index in [-0.39, 0.29) is 0 Å². The van der Waals surface area contributed by atoms with Gasteiger partial charge in [0.15, 0.2) is 0 Å². The molecule has 4 heterocycles. The van der Waals surface area contributed by atoms with E-state index in [9.17, 15) is 0 Å². The van der Waals surface area contributed by atoms with E-state index in [4.69, 9.17) is 0 Å². The molecule has 24 heavy (non-hydrogen) atoms. The smallest absolute Gasteiger partial charge is 0.0682 e. The van der Waals surface area contributed by atoms with E-state index >= 15 is 0 Å². The molecule has 4 fully saturated rings. The highest BCUT2D eigenvalue weighted by atomic mass is 14.4. The van der Waals surface area contributed by atoms with Crippen LogP contribution in [0.4, 0.5) is 0 Å². The second-order valence-electron chi connectivity index (χ2n) is 10.5. The van der Waals surface area contributed by atoms with Crippen LogP contribution in [0.15, 0.2) is 0 Å². The minimum atomic E-state index is 0.637. The van der Waals surface area contributed by atoms with E-state index in [1.165, 1.54) is 89.9 Å². The highest BCUT2D eigenvalue weighted by Gasteiger charge is 2.44. The van der Waals surface area contributed by atoms with Crippen molar-refractivity contribution in [2.45, 2.75) is 126 Å². The minimum absolute atomic E-state index is 0.637. The van der Waals surface area contributed by atoms with Crippen molar-refractivity contribution in [1.82, 2.24) is 0 Å². The van der Waals surface area contributed by atoms with E-state index in [1.54, 1.807) is 0 Å². The predicted molar refractivity (Wildman–Crippen MR) is 107 cm³/mol. The third-order valence-electron chi connectivity index (χ3n) is 8.61. The largest absolute Gasteiger partial charge is 0.122 e. The van der Waals surface area contributed by atoms with Crippen molar-refractivity contribution >= 4 is 14.6 Å². The van der Waals surface area contributed by atoms with Crippen LogP contribution in [0.25, 0.3) is 0 Å². The van der Waals surface area contributed by atoms with Crippen LogP contribution in [0, 0.1) is 11.8 Å². The molecule has 2 atom stereocenters. The Labute approximate surface area is 152 Å². The van der Waals surface area contributed by atoms with Crippen molar-refractivity contribution in [3.05, 3.63) is 0 Å². The Kier molecular flexibility index (Phi) is 5.14. The fourth-order valence-corrected chi connectivity index (χ4v) is 7.30. The Bertz CT molecular complexity index is 372. The number of hydrogen-bond acceptors (Lipinski definition) is 0. The fraction of sp³-hybridized carbons (Fsp3) is 1.00.